The van der Waals surface area contributed by atoms with Crippen LogP contribution >= 0.6 is 0 Å². The fraction of sp³-hybridized carbons (Fsp3) is 0.600. The molecule has 2 rings (SSSR count). The van der Waals surface area contributed by atoms with Crippen molar-refractivity contribution in [2.24, 2.45) is 5.73 Å². The molecule has 0 saturated heterocycles. The molecule has 1 aromatic rings. The van der Waals surface area contributed by atoms with Crippen molar-refractivity contribution in [1.29, 1.82) is 0 Å². The van der Waals surface area contributed by atoms with E-state index < -0.39 is 0 Å². The zero-order chi connectivity index (χ0) is 12.3. The lowest BCUT2D eigenvalue weighted by atomic mass is 9.91. The van der Waals surface area contributed by atoms with Crippen LogP contribution in [0.2, 0.25) is 0 Å². The monoisotopic (exact) mass is 232 g/mol. The Bertz CT molecular complexity index is 336. The summed E-state index contributed by atoms with van der Waals surface area (Å²) in [5.41, 5.74) is 8.63. The first-order chi connectivity index (χ1) is 8.15. The lowest BCUT2D eigenvalue weighted by Gasteiger charge is -2.29. The summed E-state index contributed by atoms with van der Waals surface area (Å²) in [5.74, 6) is 0. The molecule has 0 aliphatic heterocycles. The second kappa shape index (κ2) is 5.65. The van der Waals surface area contributed by atoms with Crippen LogP contribution in [0.3, 0.4) is 0 Å². The molecule has 1 atom stereocenters. The molecule has 1 aliphatic rings. The number of aryl methyl sites for hydroxylation is 1. The second-order valence-electron chi connectivity index (χ2n) is 5.41. The van der Waals surface area contributed by atoms with Crippen molar-refractivity contribution in [1.82, 2.24) is 5.32 Å². The SMILES string of the molecule is Cc1ccc([C@@H](C)NC2CCC(N)CC2)cc1. The fourth-order valence-corrected chi connectivity index (χ4v) is 2.59. The van der Waals surface area contributed by atoms with Gasteiger partial charge in [-0.1, -0.05) is 29.8 Å². The zero-order valence-corrected chi connectivity index (χ0v) is 10.9. The third-order valence-corrected chi connectivity index (χ3v) is 3.83. The van der Waals surface area contributed by atoms with Crippen LogP contribution in [0.25, 0.3) is 0 Å². The molecule has 17 heavy (non-hydrogen) atoms. The molecule has 0 spiro atoms. The van der Waals surface area contributed by atoms with Gasteiger partial charge < -0.3 is 11.1 Å². The molecule has 0 aromatic heterocycles. The maximum atomic E-state index is 5.93. The number of benzene rings is 1. The Morgan fingerprint density at radius 3 is 2.29 bits per heavy atom. The highest BCUT2D eigenvalue weighted by Crippen LogP contribution is 2.21. The van der Waals surface area contributed by atoms with Gasteiger partial charge in [0.15, 0.2) is 0 Å². The van der Waals surface area contributed by atoms with Crippen LogP contribution in [-0.2, 0) is 0 Å². The summed E-state index contributed by atoms with van der Waals surface area (Å²) in [6, 6.07) is 10.3. The third kappa shape index (κ3) is 3.55. The Labute approximate surface area is 105 Å². The summed E-state index contributed by atoms with van der Waals surface area (Å²) in [5, 5.41) is 3.72. The lowest BCUT2D eigenvalue weighted by Crippen LogP contribution is -2.38. The Morgan fingerprint density at radius 1 is 1.12 bits per heavy atom. The van der Waals surface area contributed by atoms with E-state index in [1.54, 1.807) is 0 Å². The molecule has 0 amide bonds. The number of hydrogen-bond donors (Lipinski definition) is 2. The standard InChI is InChI=1S/C15H24N2/c1-11-3-5-13(6-4-11)12(2)17-15-9-7-14(16)8-10-15/h3-6,12,14-15,17H,7-10,16H2,1-2H3/t12-,14?,15?/m1/s1. The molecule has 1 aliphatic carbocycles. The van der Waals surface area contributed by atoms with Crippen molar-refractivity contribution < 1.29 is 0 Å². The van der Waals surface area contributed by atoms with Crippen LogP contribution in [0.5, 0.6) is 0 Å². The Hall–Kier alpha value is -0.860. The molecule has 1 saturated carbocycles. The largest absolute Gasteiger partial charge is 0.328 e. The predicted octanol–water partition coefficient (Wildman–Crippen LogP) is 2.92. The van der Waals surface area contributed by atoms with E-state index in [1.165, 1.54) is 24.0 Å². The Morgan fingerprint density at radius 2 is 1.71 bits per heavy atom. The quantitative estimate of drug-likeness (QED) is 0.841. The Balaban J connectivity index is 1.88. The van der Waals surface area contributed by atoms with Gasteiger partial charge in [0.2, 0.25) is 0 Å². The van der Waals surface area contributed by atoms with Crippen LogP contribution < -0.4 is 11.1 Å². The smallest absolute Gasteiger partial charge is 0.0294 e. The highest BCUT2D eigenvalue weighted by molar-refractivity contribution is 5.23. The molecule has 0 radical (unpaired) electrons. The molecular weight excluding hydrogens is 208 g/mol. The molecule has 1 aromatic carbocycles. The molecule has 0 heterocycles. The van der Waals surface area contributed by atoms with E-state index in [0.717, 1.165) is 12.8 Å². The first kappa shape index (κ1) is 12.6. The van der Waals surface area contributed by atoms with Crippen molar-refractivity contribution in [2.45, 2.75) is 57.7 Å². The maximum Gasteiger partial charge on any atom is 0.0294 e. The van der Waals surface area contributed by atoms with Crippen molar-refractivity contribution in [3.05, 3.63) is 35.4 Å². The van der Waals surface area contributed by atoms with Gasteiger partial charge in [-0.2, -0.15) is 0 Å². The minimum atomic E-state index is 0.433. The van der Waals surface area contributed by atoms with E-state index in [0.29, 0.717) is 18.1 Å². The van der Waals surface area contributed by atoms with Crippen molar-refractivity contribution in [3.63, 3.8) is 0 Å². The summed E-state index contributed by atoms with van der Waals surface area (Å²) >= 11 is 0. The maximum absolute atomic E-state index is 5.93. The summed E-state index contributed by atoms with van der Waals surface area (Å²) in [4.78, 5) is 0. The predicted molar refractivity (Wildman–Crippen MR) is 73.0 cm³/mol. The highest BCUT2D eigenvalue weighted by atomic mass is 14.9. The summed E-state index contributed by atoms with van der Waals surface area (Å²) in [6.07, 6.45) is 4.77. The van der Waals surface area contributed by atoms with E-state index in [9.17, 15) is 0 Å². The number of rotatable bonds is 3. The van der Waals surface area contributed by atoms with Crippen molar-refractivity contribution in [2.75, 3.05) is 0 Å². The van der Waals surface area contributed by atoms with Crippen molar-refractivity contribution in [3.8, 4) is 0 Å². The average Bonchev–Trinajstić information content (AvgIpc) is 2.33. The molecule has 0 unspecified atom stereocenters. The molecule has 2 heteroatoms. The average molecular weight is 232 g/mol. The van der Waals surface area contributed by atoms with Crippen LogP contribution in [0.4, 0.5) is 0 Å². The minimum absolute atomic E-state index is 0.433. The summed E-state index contributed by atoms with van der Waals surface area (Å²) in [6.45, 7) is 4.38. The van der Waals surface area contributed by atoms with Gasteiger partial charge in [-0.15, -0.1) is 0 Å². The van der Waals surface area contributed by atoms with E-state index >= 15 is 0 Å². The molecule has 0 bridgehead atoms. The van der Waals surface area contributed by atoms with E-state index in [4.69, 9.17) is 5.73 Å². The molecule has 94 valence electrons. The lowest BCUT2D eigenvalue weighted by molar-refractivity contribution is 0.322. The molecule has 3 N–H and O–H groups in total. The van der Waals surface area contributed by atoms with Gasteiger partial charge in [-0.25, -0.2) is 0 Å². The van der Waals surface area contributed by atoms with Gasteiger partial charge in [-0.3, -0.25) is 0 Å². The second-order valence-corrected chi connectivity index (χ2v) is 5.41. The van der Waals surface area contributed by atoms with Gasteiger partial charge in [0.25, 0.3) is 0 Å². The minimum Gasteiger partial charge on any atom is -0.328 e. The van der Waals surface area contributed by atoms with Gasteiger partial charge >= 0.3 is 0 Å². The number of nitrogens with one attached hydrogen (secondary N) is 1. The molecule has 1 fully saturated rings. The molecule has 2 nitrogen and oxygen atoms in total. The fourth-order valence-electron chi connectivity index (χ4n) is 2.59. The summed E-state index contributed by atoms with van der Waals surface area (Å²) < 4.78 is 0. The highest BCUT2D eigenvalue weighted by Gasteiger charge is 2.19. The van der Waals surface area contributed by atoms with E-state index in [1.807, 2.05) is 0 Å². The zero-order valence-electron chi connectivity index (χ0n) is 10.9. The topological polar surface area (TPSA) is 38.0 Å². The first-order valence-electron chi connectivity index (χ1n) is 6.73. The third-order valence-electron chi connectivity index (χ3n) is 3.83. The summed E-state index contributed by atoms with van der Waals surface area (Å²) in [7, 11) is 0. The van der Waals surface area contributed by atoms with E-state index in [-0.39, 0.29) is 0 Å². The van der Waals surface area contributed by atoms with Gasteiger partial charge in [-0.05, 0) is 45.1 Å². The van der Waals surface area contributed by atoms with Crippen molar-refractivity contribution >= 4 is 0 Å². The normalized spacial score (nSPS) is 26.8. The van der Waals surface area contributed by atoms with Gasteiger partial charge in [0.05, 0.1) is 0 Å². The number of hydrogen-bond acceptors (Lipinski definition) is 2. The van der Waals surface area contributed by atoms with Crippen LogP contribution in [-0.4, -0.2) is 12.1 Å². The Kier molecular flexibility index (Phi) is 4.19. The van der Waals surface area contributed by atoms with Gasteiger partial charge in [0.1, 0.15) is 0 Å². The van der Waals surface area contributed by atoms with Crippen LogP contribution in [0.15, 0.2) is 24.3 Å². The molecular formula is C15H24N2. The van der Waals surface area contributed by atoms with Crippen LogP contribution in [0, 0.1) is 6.92 Å². The van der Waals surface area contributed by atoms with Crippen LogP contribution in [0.1, 0.15) is 49.8 Å². The van der Waals surface area contributed by atoms with E-state index in [2.05, 4.69) is 43.4 Å². The first-order valence-corrected chi connectivity index (χ1v) is 6.73. The van der Waals surface area contributed by atoms with Gasteiger partial charge in [0, 0.05) is 18.1 Å². The number of nitrogens with two attached hydrogens (primary N) is 1.